The summed E-state index contributed by atoms with van der Waals surface area (Å²) in [5.41, 5.74) is 5.78. The van der Waals surface area contributed by atoms with Crippen LogP contribution in [0.15, 0.2) is 42.6 Å². The first kappa shape index (κ1) is 11.8. The molecule has 3 rings (SSSR count). The number of nitrogens with zero attached hydrogens (tertiary/aromatic N) is 2. The normalized spacial score (nSPS) is 10.9. The monoisotopic (exact) mass is 248 g/mol. The Balaban J connectivity index is 2.22. The van der Waals surface area contributed by atoms with Gasteiger partial charge in [-0.2, -0.15) is 0 Å². The van der Waals surface area contributed by atoms with E-state index < -0.39 is 0 Å². The molecule has 2 aromatic carbocycles. The molecule has 0 spiro atoms. The van der Waals surface area contributed by atoms with Crippen LogP contribution in [0.2, 0.25) is 0 Å². The van der Waals surface area contributed by atoms with Crippen LogP contribution in [-0.2, 0) is 0 Å². The van der Waals surface area contributed by atoms with Gasteiger partial charge in [0.1, 0.15) is 0 Å². The summed E-state index contributed by atoms with van der Waals surface area (Å²) < 4.78 is 0. The molecule has 0 saturated carbocycles. The predicted octanol–water partition coefficient (Wildman–Crippen LogP) is 4.22. The molecule has 94 valence electrons. The molecule has 1 aromatic heterocycles. The SMILES string of the molecule is Cc1cc(C)cc(-c2ncc3cccc(C)c3n2)c1. The lowest BCUT2D eigenvalue weighted by Gasteiger charge is -2.06. The highest BCUT2D eigenvalue weighted by Crippen LogP contribution is 2.22. The Bertz CT molecular complexity index is 740. The zero-order valence-corrected chi connectivity index (χ0v) is 11.4. The second-order valence-electron chi connectivity index (χ2n) is 5.08. The van der Waals surface area contributed by atoms with E-state index in [1.807, 2.05) is 18.3 Å². The lowest BCUT2D eigenvalue weighted by Crippen LogP contribution is -1.92. The van der Waals surface area contributed by atoms with E-state index in [1.165, 1.54) is 16.7 Å². The van der Waals surface area contributed by atoms with Gasteiger partial charge in [0.05, 0.1) is 5.52 Å². The van der Waals surface area contributed by atoms with E-state index in [9.17, 15) is 0 Å². The smallest absolute Gasteiger partial charge is 0.159 e. The van der Waals surface area contributed by atoms with Crippen molar-refractivity contribution in [1.82, 2.24) is 9.97 Å². The molecule has 3 aromatic rings. The van der Waals surface area contributed by atoms with Gasteiger partial charge in [-0.25, -0.2) is 9.97 Å². The fourth-order valence-corrected chi connectivity index (χ4v) is 2.45. The molecule has 0 aliphatic carbocycles. The van der Waals surface area contributed by atoms with Crippen molar-refractivity contribution in [2.45, 2.75) is 20.8 Å². The minimum Gasteiger partial charge on any atom is -0.236 e. The van der Waals surface area contributed by atoms with Gasteiger partial charge in [-0.1, -0.05) is 35.4 Å². The fraction of sp³-hybridized carbons (Fsp3) is 0.176. The Kier molecular flexibility index (Phi) is 2.79. The maximum absolute atomic E-state index is 4.72. The topological polar surface area (TPSA) is 25.8 Å². The minimum absolute atomic E-state index is 0.800. The van der Waals surface area contributed by atoms with E-state index in [0.717, 1.165) is 22.3 Å². The Morgan fingerprint density at radius 1 is 0.895 bits per heavy atom. The molecule has 0 aliphatic heterocycles. The van der Waals surface area contributed by atoms with Crippen LogP contribution < -0.4 is 0 Å². The highest BCUT2D eigenvalue weighted by Gasteiger charge is 2.05. The molecule has 1 heterocycles. The number of fused-ring (bicyclic) bond motifs is 1. The largest absolute Gasteiger partial charge is 0.236 e. The van der Waals surface area contributed by atoms with Crippen LogP contribution in [-0.4, -0.2) is 9.97 Å². The molecule has 2 heteroatoms. The number of hydrogen-bond acceptors (Lipinski definition) is 2. The Labute approximate surface area is 113 Å². The Morgan fingerprint density at radius 3 is 2.37 bits per heavy atom. The van der Waals surface area contributed by atoms with Crippen molar-refractivity contribution in [3.8, 4) is 11.4 Å². The van der Waals surface area contributed by atoms with Crippen LogP contribution in [0.3, 0.4) is 0 Å². The predicted molar refractivity (Wildman–Crippen MR) is 79.2 cm³/mol. The molecule has 0 atom stereocenters. The number of rotatable bonds is 1. The van der Waals surface area contributed by atoms with E-state index in [-0.39, 0.29) is 0 Å². The average Bonchev–Trinajstić information content (AvgIpc) is 2.38. The summed E-state index contributed by atoms with van der Waals surface area (Å²) in [6.07, 6.45) is 1.91. The quantitative estimate of drug-likeness (QED) is 0.644. The van der Waals surface area contributed by atoms with Crippen molar-refractivity contribution in [3.05, 3.63) is 59.3 Å². The van der Waals surface area contributed by atoms with Crippen LogP contribution in [0.25, 0.3) is 22.3 Å². The third-order valence-corrected chi connectivity index (χ3v) is 3.29. The molecule has 19 heavy (non-hydrogen) atoms. The molecular weight excluding hydrogens is 232 g/mol. The van der Waals surface area contributed by atoms with Gasteiger partial charge in [0.15, 0.2) is 5.82 Å². The highest BCUT2D eigenvalue weighted by atomic mass is 14.9. The van der Waals surface area contributed by atoms with Gasteiger partial charge < -0.3 is 0 Å². The van der Waals surface area contributed by atoms with E-state index in [1.54, 1.807) is 0 Å². The first-order valence-electron chi connectivity index (χ1n) is 6.44. The van der Waals surface area contributed by atoms with Crippen molar-refractivity contribution >= 4 is 10.9 Å². The molecular formula is C17H16N2. The van der Waals surface area contributed by atoms with Gasteiger partial charge >= 0.3 is 0 Å². The van der Waals surface area contributed by atoms with E-state index in [4.69, 9.17) is 4.98 Å². The highest BCUT2D eigenvalue weighted by molar-refractivity contribution is 5.82. The maximum atomic E-state index is 4.72. The second kappa shape index (κ2) is 4.47. The van der Waals surface area contributed by atoms with Gasteiger partial charge in [-0.05, 0) is 38.5 Å². The van der Waals surface area contributed by atoms with Gasteiger partial charge in [0.2, 0.25) is 0 Å². The number of benzene rings is 2. The van der Waals surface area contributed by atoms with Crippen molar-refractivity contribution in [2.75, 3.05) is 0 Å². The lowest BCUT2D eigenvalue weighted by molar-refractivity contribution is 1.21. The van der Waals surface area contributed by atoms with E-state index in [2.05, 4.69) is 50.0 Å². The van der Waals surface area contributed by atoms with E-state index in [0.29, 0.717) is 0 Å². The third-order valence-electron chi connectivity index (χ3n) is 3.29. The number of aryl methyl sites for hydroxylation is 3. The molecule has 2 nitrogen and oxygen atoms in total. The van der Waals surface area contributed by atoms with Crippen LogP contribution >= 0.6 is 0 Å². The van der Waals surface area contributed by atoms with E-state index >= 15 is 0 Å². The van der Waals surface area contributed by atoms with Crippen molar-refractivity contribution in [1.29, 1.82) is 0 Å². The average molecular weight is 248 g/mol. The zero-order chi connectivity index (χ0) is 13.4. The first-order valence-corrected chi connectivity index (χ1v) is 6.44. The molecule has 0 N–H and O–H groups in total. The van der Waals surface area contributed by atoms with Crippen molar-refractivity contribution in [3.63, 3.8) is 0 Å². The van der Waals surface area contributed by atoms with Crippen LogP contribution in [0.5, 0.6) is 0 Å². The minimum atomic E-state index is 0.800. The fourth-order valence-electron chi connectivity index (χ4n) is 2.45. The molecule has 0 amide bonds. The number of hydrogen-bond donors (Lipinski definition) is 0. The van der Waals surface area contributed by atoms with Gasteiger partial charge in [0.25, 0.3) is 0 Å². The third kappa shape index (κ3) is 2.22. The van der Waals surface area contributed by atoms with Crippen molar-refractivity contribution in [2.24, 2.45) is 0 Å². The summed E-state index contributed by atoms with van der Waals surface area (Å²) in [6.45, 7) is 6.28. The molecule has 0 saturated heterocycles. The molecule has 0 unspecified atom stereocenters. The van der Waals surface area contributed by atoms with Crippen LogP contribution in [0.1, 0.15) is 16.7 Å². The van der Waals surface area contributed by atoms with Crippen LogP contribution in [0.4, 0.5) is 0 Å². The number of para-hydroxylation sites is 1. The number of aromatic nitrogens is 2. The summed E-state index contributed by atoms with van der Waals surface area (Å²) in [7, 11) is 0. The summed E-state index contributed by atoms with van der Waals surface area (Å²) in [5.74, 6) is 0.800. The molecule has 0 aliphatic rings. The Morgan fingerprint density at radius 2 is 1.63 bits per heavy atom. The Hall–Kier alpha value is -2.22. The summed E-state index contributed by atoms with van der Waals surface area (Å²) in [6, 6.07) is 12.6. The van der Waals surface area contributed by atoms with Crippen molar-refractivity contribution < 1.29 is 0 Å². The standard InChI is InChI=1S/C17H16N2/c1-11-7-12(2)9-15(8-11)17-18-10-14-6-4-5-13(3)16(14)19-17/h4-10H,1-3H3. The molecule has 0 bridgehead atoms. The van der Waals surface area contributed by atoms with Gasteiger partial charge in [0, 0.05) is 17.1 Å². The molecule has 0 fully saturated rings. The summed E-state index contributed by atoms with van der Waals surface area (Å²) >= 11 is 0. The van der Waals surface area contributed by atoms with Gasteiger partial charge in [-0.3, -0.25) is 0 Å². The summed E-state index contributed by atoms with van der Waals surface area (Å²) in [5, 5.41) is 1.09. The summed E-state index contributed by atoms with van der Waals surface area (Å²) in [4.78, 5) is 9.21. The zero-order valence-electron chi connectivity index (χ0n) is 11.4. The van der Waals surface area contributed by atoms with Gasteiger partial charge in [-0.15, -0.1) is 0 Å². The van der Waals surface area contributed by atoms with Crippen LogP contribution in [0, 0.1) is 20.8 Å². The lowest BCUT2D eigenvalue weighted by atomic mass is 10.1. The molecule has 0 radical (unpaired) electrons. The maximum Gasteiger partial charge on any atom is 0.159 e. The first-order chi connectivity index (χ1) is 9.13. The second-order valence-corrected chi connectivity index (χ2v) is 5.08.